The third-order valence-corrected chi connectivity index (χ3v) is 5.15. The number of nitrogens with one attached hydrogen (secondary N) is 2. The zero-order valence-corrected chi connectivity index (χ0v) is 16.4. The third kappa shape index (κ3) is 5.02. The van der Waals surface area contributed by atoms with Gasteiger partial charge in [-0.25, -0.2) is 4.79 Å². The van der Waals surface area contributed by atoms with E-state index in [1.54, 1.807) is 41.3 Å². The first kappa shape index (κ1) is 21.0. The van der Waals surface area contributed by atoms with Crippen LogP contribution in [0.2, 0.25) is 0 Å². The third-order valence-electron chi connectivity index (χ3n) is 5.15. The van der Waals surface area contributed by atoms with Crippen molar-refractivity contribution in [1.29, 1.82) is 5.41 Å². The molecule has 2 atom stereocenters. The summed E-state index contributed by atoms with van der Waals surface area (Å²) in [4.78, 5) is 38.3. The van der Waals surface area contributed by atoms with Crippen LogP contribution in [0.1, 0.15) is 24.0 Å². The van der Waals surface area contributed by atoms with Crippen molar-refractivity contribution in [2.24, 2.45) is 11.7 Å². The number of amides is 2. The number of rotatable bonds is 8. The summed E-state index contributed by atoms with van der Waals surface area (Å²) >= 11 is 0. The molecule has 5 N–H and O–H groups in total. The summed E-state index contributed by atoms with van der Waals surface area (Å²) in [6, 6.07) is 14.8. The number of carbonyl (C=O) groups excluding carboxylic acids is 2. The van der Waals surface area contributed by atoms with E-state index >= 15 is 0 Å². The second-order valence-electron chi connectivity index (χ2n) is 7.29. The second-order valence-corrected chi connectivity index (χ2v) is 7.29. The highest BCUT2D eigenvalue weighted by Gasteiger charge is 2.34. The maximum Gasteiger partial charge on any atom is 0.326 e. The lowest BCUT2D eigenvalue weighted by Crippen LogP contribution is -2.43. The minimum atomic E-state index is -1.11. The smallest absolute Gasteiger partial charge is 0.326 e. The highest BCUT2D eigenvalue weighted by molar-refractivity contribution is 6.00. The van der Waals surface area contributed by atoms with Crippen LogP contribution in [-0.4, -0.2) is 41.3 Å². The predicted molar refractivity (Wildman–Crippen MR) is 112 cm³/mol. The number of aliphatic carboxylic acids is 1. The summed E-state index contributed by atoms with van der Waals surface area (Å²) in [6.45, 7) is 0.475. The van der Waals surface area contributed by atoms with Gasteiger partial charge >= 0.3 is 5.97 Å². The molecule has 8 nitrogen and oxygen atoms in total. The van der Waals surface area contributed by atoms with Crippen LogP contribution < -0.4 is 16.0 Å². The molecule has 1 aliphatic rings. The van der Waals surface area contributed by atoms with Gasteiger partial charge in [0, 0.05) is 36.6 Å². The van der Waals surface area contributed by atoms with Gasteiger partial charge in [-0.3, -0.25) is 15.0 Å². The van der Waals surface area contributed by atoms with Crippen molar-refractivity contribution in [3.8, 4) is 0 Å². The van der Waals surface area contributed by atoms with E-state index in [-0.39, 0.29) is 24.6 Å². The maximum atomic E-state index is 12.7. The van der Waals surface area contributed by atoms with Crippen molar-refractivity contribution in [3.05, 3.63) is 65.7 Å². The van der Waals surface area contributed by atoms with Crippen molar-refractivity contribution < 1.29 is 19.5 Å². The number of hydrogen-bond donors (Lipinski definition) is 4. The number of anilines is 1. The summed E-state index contributed by atoms with van der Waals surface area (Å²) in [5, 5.41) is 19.4. The molecule has 8 heteroatoms. The lowest BCUT2D eigenvalue weighted by molar-refractivity contribution is -0.142. The molecule has 0 aromatic heterocycles. The molecule has 2 amide bonds. The van der Waals surface area contributed by atoms with Gasteiger partial charge in [-0.05, 0) is 36.2 Å². The van der Waals surface area contributed by atoms with E-state index in [4.69, 9.17) is 11.1 Å². The van der Waals surface area contributed by atoms with Crippen LogP contribution in [0.5, 0.6) is 0 Å². The molecule has 0 radical (unpaired) electrons. The van der Waals surface area contributed by atoms with E-state index in [1.165, 1.54) is 0 Å². The molecule has 3 rings (SSSR count). The number of amidine groups is 1. The quantitative estimate of drug-likeness (QED) is 0.388. The summed E-state index contributed by atoms with van der Waals surface area (Å²) < 4.78 is 0. The van der Waals surface area contributed by atoms with Crippen LogP contribution >= 0.6 is 0 Å². The van der Waals surface area contributed by atoms with E-state index in [0.717, 1.165) is 5.56 Å². The van der Waals surface area contributed by atoms with Crippen molar-refractivity contribution in [1.82, 2.24) is 5.32 Å². The number of benzene rings is 2. The first-order chi connectivity index (χ1) is 14.3. The van der Waals surface area contributed by atoms with Gasteiger partial charge in [-0.15, -0.1) is 0 Å². The van der Waals surface area contributed by atoms with E-state index in [0.29, 0.717) is 24.2 Å². The van der Waals surface area contributed by atoms with Crippen molar-refractivity contribution in [3.63, 3.8) is 0 Å². The van der Waals surface area contributed by atoms with Crippen molar-refractivity contribution in [2.75, 3.05) is 11.4 Å². The average molecular weight is 408 g/mol. The second kappa shape index (κ2) is 9.21. The zero-order chi connectivity index (χ0) is 21.7. The summed E-state index contributed by atoms with van der Waals surface area (Å²) in [5.41, 5.74) is 7.51. The van der Waals surface area contributed by atoms with Gasteiger partial charge in [0.15, 0.2) is 0 Å². The molecule has 1 aliphatic heterocycles. The number of nitrogen functional groups attached to an aromatic ring is 1. The highest BCUT2D eigenvalue weighted by Crippen LogP contribution is 2.27. The Hall–Kier alpha value is -3.68. The van der Waals surface area contributed by atoms with Crippen LogP contribution in [0, 0.1) is 11.3 Å². The lowest BCUT2D eigenvalue weighted by atomic mass is 10.0. The molecule has 0 spiro atoms. The molecule has 1 heterocycles. The SMILES string of the molecule is N=C(N)c1ccc(N2CCC(CC(=O)NC(Cc3ccccc3)C(=O)O)C2=O)cc1. The number of carbonyl (C=O) groups is 3. The molecule has 2 unspecified atom stereocenters. The summed E-state index contributed by atoms with van der Waals surface area (Å²) in [5.74, 6) is -2.28. The fourth-order valence-corrected chi connectivity index (χ4v) is 3.53. The largest absolute Gasteiger partial charge is 0.480 e. The number of hydrogen-bond acceptors (Lipinski definition) is 4. The molecule has 156 valence electrons. The van der Waals surface area contributed by atoms with Gasteiger partial charge in [-0.2, -0.15) is 0 Å². The monoisotopic (exact) mass is 408 g/mol. The molecule has 30 heavy (non-hydrogen) atoms. The van der Waals surface area contributed by atoms with E-state index in [9.17, 15) is 19.5 Å². The van der Waals surface area contributed by atoms with Crippen LogP contribution in [0.25, 0.3) is 0 Å². The first-order valence-electron chi connectivity index (χ1n) is 9.67. The zero-order valence-electron chi connectivity index (χ0n) is 16.4. The Morgan fingerprint density at radius 2 is 1.83 bits per heavy atom. The van der Waals surface area contributed by atoms with Gasteiger partial charge in [0.2, 0.25) is 11.8 Å². The van der Waals surface area contributed by atoms with Crippen LogP contribution in [0.4, 0.5) is 5.69 Å². The average Bonchev–Trinajstić information content (AvgIpc) is 3.08. The molecule has 2 aromatic rings. The Morgan fingerprint density at radius 3 is 2.43 bits per heavy atom. The normalized spacial score (nSPS) is 16.9. The molecule has 0 aliphatic carbocycles. The molecule has 1 saturated heterocycles. The molecule has 2 aromatic carbocycles. The number of carboxylic acid groups (broad SMARTS) is 1. The summed E-state index contributed by atoms with van der Waals surface area (Å²) in [7, 11) is 0. The first-order valence-corrected chi connectivity index (χ1v) is 9.67. The Balaban J connectivity index is 1.59. The number of nitrogens with two attached hydrogens (primary N) is 1. The standard InChI is InChI=1S/C22H24N4O4/c23-20(24)15-6-8-17(9-7-15)26-11-10-16(21(26)28)13-19(27)25-18(22(29)30)12-14-4-2-1-3-5-14/h1-9,16,18H,10-13H2,(H3,23,24)(H,25,27)(H,29,30). The Morgan fingerprint density at radius 1 is 1.17 bits per heavy atom. The van der Waals surface area contributed by atoms with E-state index < -0.39 is 23.8 Å². The fraction of sp³-hybridized carbons (Fsp3) is 0.273. The minimum Gasteiger partial charge on any atom is -0.480 e. The number of carboxylic acids is 1. The predicted octanol–water partition coefficient (Wildman–Crippen LogP) is 1.53. The minimum absolute atomic E-state index is 0.0488. The van der Waals surface area contributed by atoms with Gasteiger partial charge in [0.05, 0.1) is 0 Å². The molecular formula is C22H24N4O4. The molecule has 1 fully saturated rings. The van der Waals surface area contributed by atoms with Crippen molar-refractivity contribution in [2.45, 2.75) is 25.3 Å². The van der Waals surface area contributed by atoms with Crippen molar-refractivity contribution >= 4 is 29.3 Å². The van der Waals surface area contributed by atoms with Crippen LogP contribution in [0.15, 0.2) is 54.6 Å². The Bertz CT molecular complexity index is 943. The fourth-order valence-electron chi connectivity index (χ4n) is 3.53. The van der Waals surface area contributed by atoms with Gasteiger partial charge < -0.3 is 21.1 Å². The molecule has 0 saturated carbocycles. The van der Waals surface area contributed by atoms with Crippen LogP contribution in [0.3, 0.4) is 0 Å². The number of nitrogens with zero attached hydrogens (tertiary/aromatic N) is 1. The van der Waals surface area contributed by atoms with Gasteiger partial charge in [-0.1, -0.05) is 30.3 Å². The van der Waals surface area contributed by atoms with Gasteiger partial charge in [0.25, 0.3) is 0 Å². The summed E-state index contributed by atoms with van der Waals surface area (Å²) in [6.07, 6.45) is 0.631. The molecular weight excluding hydrogens is 384 g/mol. The Labute approximate surface area is 174 Å². The van der Waals surface area contributed by atoms with Gasteiger partial charge in [0.1, 0.15) is 11.9 Å². The molecule has 0 bridgehead atoms. The lowest BCUT2D eigenvalue weighted by Gasteiger charge is -2.18. The maximum absolute atomic E-state index is 12.7. The van der Waals surface area contributed by atoms with Crippen LogP contribution in [-0.2, 0) is 20.8 Å². The van der Waals surface area contributed by atoms with E-state index in [1.807, 2.05) is 18.2 Å². The highest BCUT2D eigenvalue weighted by atomic mass is 16.4. The topological polar surface area (TPSA) is 137 Å². The Kier molecular flexibility index (Phi) is 6.46. The van der Waals surface area contributed by atoms with E-state index in [2.05, 4.69) is 5.32 Å².